The van der Waals surface area contributed by atoms with Gasteiger partial charge in [0.05, 0.1) is 6.54 Å². The Morgan fingerprint density at radius 3 is 2.05 bits per heavy atom. The molecule has 0 saturated carbocycles. The van der Waals surface area contributed by atoms with Gasteiger partial charge in [-0.25, -0.2) is 4.79 Å². The second-order valence-electron chi connectivity index (χ2n) is 5.15. The van der Waals surface area contributed by atoms with Gasteiger partial charge in [-0.2, -0.15) is 0 Å². The van der Waals surface area contributed by atoms with Crippen LogP contribution in [0.5, 0.6) is 0 Å². The van der Waals surface area contributed by atoms with Crippen molar-refractivity contribution in [1.29, 1.82) is 0 Å². The van der Waals surface area contributed by atoms with Crippen molar-refractivity contribution in [3.05, 3.63) is 59.7 Å². The molecule has 0 atom stereocenters. The summed E-state index contributed by atoms with van der Waals surface area (Å²) >= 11 is 5.31. The minimum Gasteiger partial charge on any atom is -0.436 e. The average molecular weight is 316 g/mol. The largest absolute Gasteiger partial charge is 0.436 e. The van der Waals surface area contributed by atoms with E-state index in [1.165, 1.54) is 11.9 Å². The van der Waals surface area contributed by atoms with E-state index in [2.05, 4.69) is 0 Å². The highest BCUT2D eigenvalue weighted by atomic mass is 35.5. The maximum atomic E-state index is 12.1. The Morgan fingerprint density at radius 1 is 1.05 bits per heavy atom. The SMILES string of the molecule is CN(CC(=O)Cl)C(=O)OC1c2ccccc2-c2ccccc21. The number of halogens is 1. The third-order valence-electron chi connectivity index (χ3n) is 3.67. The van der Waals surface area contributed by atoms with Crippen LogP contribution in [0.2, 0.25) is 0 Å². The van der Waals surface area contributed by atoms with Gasteiger partial charge < -0.3 is 9.64 Å². The Labute approximate surface area is 133 Å². The molecule has 0 aliphatic heterocycles. The highest BCUT2D eigenvalue weighted by Crippen LogP contribution is 2.45. The van der Waals surface area contributed by atoms with Crippen LogP contribution >= 0.6 is 11.6 Å². The monoisotopic (exact) mass is 315 g/mol. The summed E-state index contributed by atoms with van der Waals surface area (Å²) in [4.78, 5) is 24.2. The van der Waals surface area contributed by atoms with Crippen molar-refractivity contribution in [2.24, 2.45) is 0 Å². The molecule has 3 rings (SSSR count). The van der Waals surface area contributed by atoms with Crippen molar-refractivity contribution in [2.75, 3.05) is 13.6 Å². The van der Waals surface area contributed by atoms with Gasteiger partial charge in [0.25, 0.3) is 0 Å². The Hall–Kier alpha value is -2.33. The molecule has 0 radical (unpaired) electrons. The molecule has 2 aromatic carbocycles. The van der Waals surface area contributed by atoms with Crippen LogP contribution in [0.1, 0.15) is 17.2 Å². The van der Waals surface area contributed by atoms with Crippen LogP contribution in [-0.2, 0) is 9.53 Å². The highest BCUT2D eigenvalue weighted by molar-refractivity contribution is 6.64. The van der Waals surface area contributed by atoms with E-state index >= 15 is 0 Å². The van der Waals surface area contributed by atoms with Gasteiger partial charge >= 0.3 is 6.09 Å². The number of hydrogen-bond donors (Lipinski definition) is 0. The fourth-order valence-corrected chi connectivity index (χ4v) is 2.86. The van der Waals surface area contributed by atoms with Crippen LogP contribution in [0.15, 0.2) is 48.5 Å². The predicted octanol–water partition coefficient (Wildman–Crippen LogP) is 3.59. The first kappa shape index (κ1) is 14.6. The van der Waals surface area contributed by atoms with E-state index < -0.39 is 17.4 Å². The number of carbonyl (C=O) groups is 2. The molecule has 0 aromatic heterocycles. The van der Waals surface area contributed by atoms with Crippen molar-refractivity contribution < 1.29 is 14.3 Å². The number of fused-ring (bicyclic) bond motifs is 3. The van der Waals surface area contributed by atoms with Gasteiger partial charge in [-0.15, -0.1) is 0 Å². The van der Waals surface area contributed by atoms with Crippen LogP contribution in [0.25, 0.3) is 11.1 Å². The minimum atomic E-state index is -0.605. The normalized spacial score (nSPS) is 12.5. The smallest absolute Gasteiger partial charge is 0.410 e. The first-order chi connectivity index (χ1) is 10.6. The maximum absolute atomic E-state index is 12.1. The van der Waals surface area contributed by atoms with E-state index in [9.17, 15) is 9.59 Å². The van der Waals surface area contributed by atoms with E-state index in [0.717, 1.165) is 22.3 Å². The second-order valence-corrected chi connectivity index (χ2v) is 5.57. The predicted molar refractivity (Wildman–Crippen MR) is 83.7 cm³/mol. The molecule has 0 N–H and O–H groups in total. The lowest BCUT2D eigenvalue weighted by Crippen LogP contribution is -2.32. The molecule has 2 aromatic rings. The molecule has 0 saturated heterocycles. The molecule has 1 aliphatic carbocycles. The summed E-state index contributed by atoms with van der Waals surface area (Å²) in [5.74, 6) is 0. The fraction of sp³-hybridized carbons (Fsp3) is 0.176. The van der Waals surface area contributed by atoms with Gasteiger partial charge in [0.15, 0.2) is 6.10 Å². The van der Waals surface area contributed by atoms with Gasteiger partial charge in [-0.1, -0.05) is 48.5 Å². The number of carbonyl (C=O) groups excluding carboxylic acids is 2. The number of benzene rings is 2. The van der Waals surface area contributed by atoms with E-state index in [4.69, 9.17) is 16.3 Å². The van der Waals surface area contributed by atoms with Gasteiger partial charge in [0.2, 0.25) is 5.24 Å². The van der Waals surface area contributed by atoms with E-state index in [0.29, 0.717) is 0 Å². The Balaban J connectivity index is 1.91. The lowest BCUT2D eigenvalue weighted by atomic mass is 10.1. The summed E-state index contributed by atoms with van der Waals surface area (Å²) in [6.45, 7) is -0.184. The lowest BCUT2D eigenvalue weighted by Gasteiger charge is -2.20. The first-order valence-corrected chi connectivity index (χ1v) is 7.24. The van der Waals surface area contributed by atoms with Gasteiger partial charge in [0, 0.05) is 18.2 Å². The number of hydrogen-bond acceptors (Lipinski definition) is 3. The molecule has 0 fully saturated rings. The van der Waals surface area contributed by atoms with Crippen molar-refractivity contribution in [3.63, 3.8) is 0 Å². The van der Waals surface area contributed by atoms with Crippen molar-refractivity contribution >= 4 is 22.9 Å². The fourth-order valence-electron chi connectivity index (χ4n) is 2.68. The van der Waals surface area contributed by atoms with E-state index in [1.54, 1.807) is 0 Å². The standard InChI is InChI=1S/C17H14ClNO3/c1-19(10-15(18)20)17(21)22-16-13-8-4-2-6-11(13)12-7-3-5-9-14(12)16/h2-9,16H,10H2,1H3. The van der Waals surface area contributed by atoms with Crippen LogP contribution in [0.3, 0.4) is 0 Å². The van der Waals surface area contributed by atoms with Gasteiger partial charge in [0.1, 0.15) is 0 Å². The molecular formula is C17H14ClNO3. The quantitative estimate of drug-likeness (QED) is 0.813. The van der Waals surface area contributed by atoms with Crippen molar-refractivity contribution in [2.45, 2.75) is 6.10 Å². The summed E-state index contributed by atoms with van der Waals surface area (Å²) in [7, 11) is 1.48. The summed E-state index contributed by atoms with van der Waals surface area (Å²) in [6, 6.07) is 15.6. The first-order valence-electron chi connectivity index (χ1n) is 6.86. The third kappa shape index (κ3) is 2.57. The van der Waals surface area contributed by atoms with Crippen LogP contribution in [-0.4, -0.2) is 29.8 Å². The molecule has 0 spiro atoms. The van der Waals surface area contributed by atoms with Crippen LogP contribution in [0.4, 0.5) is 4.79 Å². The Kier molecular flexibility index (Phi) is 3.86. The highest BCUT2D eigenvalue weighted by Gasteiger charge is 2.31. The summed E-state index contributed by atoms with van der Waals surface area (Å²) in [5, 5.41) is -0.605. The number of rotatable bonds is 3. The molecule has 112 valence electrons. The Morgan fingerprint density at radius 2 is 1.55 bits per heavy atom. The third-order valence-corrected chi connectivity index (χ3v) is 3.79. The zero-order valence-electron chi connectivity index (χ0n) is 12.0. The molecule has 22 heavy (non-hydrogen) atoms. The number of nitrogens with zero attached hydrogens (tertiary/aromatic N) is 1. The number of amides is 1. The molecular weight excluding hydrogens is 302 g/mol. The minimum absolute atomic E-state index is 0.184. The lowest BCUT2D eigenvalue weighted by molar-refractivity contribution is -0.112. The number of ether oxygens (including phenoxy) is 1. The zero-order chi connectivity index (χ0) is 15.7. The molecule has 0 heterocycles. The topological polar surface area (TPSA) is 46.6 Å². The van der Waals surface area contributed by atoms with Crippen molar-refractivity contribution in [3.8, 4) is 11.1 Å². The molecule has 1 amide bonds. The summed E-state index contributed by atoms with van der Waals surface area (Å²) < 4.78 is 5.60. The van der Waals surface area contributed by atoms with Crippen LogP contribution in [0, 0.1) is 0 Å². The van der Waals surface area contributed by atoms with Crippen LogP contribution < -0.4 is 0 Å². The molecule has 4 nitrogen and oxygen atoms in total. The number of likely N-dealkylation sites (N-methyl/N-ethyl adjacent to an activating group) is 1. The van der Waals surface area contributed by atoms with E-state index in [-0.39, 0.29) is 6.54 Å². The summed E-state index contributed by atoms with van der Waals surface area (Å²) in [5.41, 5.74) is 4.02. The Bertz CT molecular complexity index is 699. The van der Waals surface area contributed by atoms with Gasteiger partial charge in [-0.3, -0.25) is 4.79 Å². The maximum Gasteiger partial charge on any atom is 0.410 e. The molecule has 1 aliphatic rings. The second kappa shape index (κ2) is 5.81. The van der Waals surface area contributed by atoms with Gasteiger partial charge in [-0.05, 0) is 22.7 Å². The molecule has 5 heteroatoms. The van der Waals surface area contributed by atoms with Crippen molar-refractivity contribution in [1.82, 2.24) is 4.90 Å². The zero-order valence-corrected chi connectivity index (χ0v) is 12.7. The average Bonchev–Trinajstić information content (AvgIpc) is 2.81. The molecule has 0 bridgehead atoms. The molecule has 0 unspecified atom stereocenters. The summed E-state index contributed by atoms with van der Waals surface area (Å²) in [6.07, 6.45) is -1.04. The van der Waals surface area contributed by atoms with E-state index in [1.807, 2.05) is 48.5 Å².